The molecule has 0 spiro atoms. The van der Waals surface area contributed by atoms with Crippen molar-refractivity contribution >= 4 is 34.0 Å². The second kappa shape index (κ2) is 11.4. The summed E-state index contributed by atoms with van der Waals surface area (Å²) in [7, 11) is 0. The molecular weight excluding hydrogens is 464 g/mol. The maximum atomic E-state index is 13.0. The average Bonchev–Trinajstić information content (AvgIpc) is 3.18. The van der Waals surface area contributed by atoms with Crippen molar-refractivity contribution in [2.75, 3.05) is 42.9 Å². The molecule has 8 heteroatoms. The van der Waals surface area contributed by atoms with Crippen molar-refractivity contribution in [1.82, 2.24) is 19.8 Å². The number of nitrogens with zero attached hydrogens (tertiary/aromatic N) is 3. The number of benzene rings is 2. The minimum atomic E-state index is -0.0237. The van der Waals surface area contributed by atoms with Crippen molar-refractivity contribution in [3.63, 3.8) is 0 Å². The zero-order valence-corrected chi connectivity index (χ0v) is 22.1. The van der Waals surface area contributed by atoms with Gasteiger partial charge in [-0.2, -0.15) is 0 Å². The molecule has 0 unspecified atom stereocenters. The van der Waals surface area contributed by atoms with Gasteiger partial charge in [0.1, 0.15) is 0 Å². The average molecular weight is 505 g/mol. The fraction of sp³-hybridized carbons (Fsp3) is 0.517. The molecule has 1 aliphatic carbocycles. The van der Waals surface area contributed by atoms with Crippen LogP contribution in [-0.2, 0) is 11.3 Å². The molecule has 1 aromatic heterocycles. The fourth-order valence-corrected chi connectivity index (χ4v) is 5.76. The Kier molecular flexibility index (Phi) is 7.84. The van der Waals surface area contributed by atoms with Crippen molar-refractivity contribution in [3.05, 3.63) is 52.9 Å². The van der Waals surface area contributed by atoms with E-state index in [0.29, 0.717) is 12.5 Å². The summed E-state index contributed by atoms with van der Waals surface area (Å²) in [5.74, 6) is 0.645. The third-order valence-electron chi connectivity index (χ3n) is 7.64. The molecule has 1 amide bonds. The van der Waals surface area contributed by atoms with Gasteiger partial charge in [0, 0.05) is 44.5 Å². The standard InChI is InChI=1S/C29H40N6O2/c1-21(2)30-28(36)20-33-13-15-34(16-14-33)26-18-27-25(17-24(26)31-23-11-7-4-8-12-23)32-29(37)35(27)19-22-9-5-3-6-10-22/h4,7-8,11-12,17-18,21-22,31H,3,5-6,9-10,13-16,19-20H2,1-2H3,(H,30,36)(H,32,37). The highest BCUT2D eigenvalue weighted by molar-refractivity contribution is 5.90. The van der Waals surface area contributed by atoms with Crippen LogP contribution in [0.5, 0.6) is 0 Å². The van der Waals surface area contributed by atoms with Gasteiger partial charge < -0.3 is 20.5 Å². The van der Waals surface area contributed by atoms with E-state index >= 15 is 0 Å². The van der Waals surface area contributed by atoms with Gasteiger partial charge in [-0.3, -0.25) is 14.3 Å². The summed E-state index contributed by atoms with van der Waals surface area (Å²) in [4.78, 5) is 33.0. The molecule has 3 N–H and O–H groups in total. The Morgan fingerprint density at radius 2 is 1.76 bits per heavy atom. The Labute approximate surface area is 219 Å². The molecule has 37 heavy (non-hydrogen) atoms. The number of rotatable bonds is 8. The zero-order chi connectivity index (χ0) is 25.8. The van der Waals surface area contributed by atoms with E-state index in [1.165, 1.54) is 32.1 Å². The topological polar surface area (TPSA) is 85.4 Å². The molecule has 198 valence electrons. The van der Waals surface area contributed by atoms with E-state index < -0.39 is 0 Å². The van der Waals surface area contributed by atoms with Gasteiger partial charge in [0.15, 0.2) is 0 Å². The number of H-pyrrole nitrogens is 1. The monoisotopic (exact) mass is 504 g/mol. The summed E-state index contributed by atoms with van der Waals surface area (Å²) in [5.41, 5.74) is 4.91. The van der Waals surface area contributed by atoms with Gasteiger partial charge in [-0.05, 0) is 56.9 Å². The molecule has 2 aliphatic rings. The number of hydrogen-bond acceptors (Lipinski definition) is 5. The lowest BCUT2D eigenvalue weighted by molar-refractivity contribution is -0.122. The maximum Gasteiger partial charge on any atom is 0.326 e. The summed E-state index contributed by atoms with van der Waals surface area (Å²) in [6.07, 6.45) is 6.23. The number of para-hydroxylation sites is 1. The van der Waals surface area contributed by atoms with Crippen LogP contribution in [0.3, 0.4) is 0 Å². The number of anilines is 3. The molecule has 8 nitrogen and oxygen atoms in total. The molecule has 0 radical (unpaired) electrons. The van der Waals surface area contributed by atoms with Crippen LogP contribution in [0, 0.1) is 5.92 Å². The lowest BCUT2D eigenvalue weighted by Gasteiger charge is -2.37. The predicted octanol–water partition coefficient (Wildman–Crippen LogP) is 4.30. The van der Waals surface area contributed by atoms with Crippen LogP contribution in [0.1, 0.15) is 46.0 Å². The van der Waals surface area contributed by atoms with E-state index in [1.54, 1.807) is 0 Å². The summed E-state index contributed by atoms with van der Waals surface area (Å²) in [6.45, 7) is 8.46. The highest BCUT2D eigenvalue weighted by Crippen LogP contribution is 2.34. The zero-order valence-electron chi connectivity index (χ0n) is 22.1. The second-order valence-corrected chi connectivity index (χ2v) is 10.9. The minimum absolute atomic E-state index is 0.0237. The van der Waals surface area contributed by atoms with Gasteiger partial charge in [-0.1, -0.05) is 37.5 Å². The number of aromatic amines is 1. The Bertz CT molecular complexity index is 1250. The fourth-order valence-electron chi connectivity index (χ4n) is 5.76. The second-order valence-electron chi connectivity index (χ2n) is 10.9. The van der Waals surface area contributed by atoms with E-state index in [2.05, 4.69) is 49.7 Å². The molecule has 1 saturated carbocycles. The Hall–Kier alpha value is -3.26. The van der Waals surface area contributed by atoms with Gasteiger partial charge in [-0.15, -0.1) is 0 Å². The number of imidazole rings is 1. The first-order chi connectivity index (χ1) is 18.0. The van der Waals surface area contributed by atoms with Gasteiger partial charge >= 0.3 is 5.69 Å². The third-order valence-corrected chi connectivity index (χ3v) is 7.64. The highest BCUT2D eigenvalue weighted by atomic mass is 16.2. The third kappa shape index (κ3) is 6.18. The van der Waals surface area contributed by atoms with Gasteiger partial charge in [-0.25, -0.2) is 4.79 Å². The number of fused-ring (bicyclic) bond motifs is 1. The van der Waals surface area contributed by atoms with Gasteiger partial charge in [0.05, 0.1) is 29.0 Å². The van der Waals surface area contributed by atoms with Crippen molar-refractivity contribution in [2.24, 2.45) is 5.92 Å². The normalized spacial score (nSPS) is 17.4. The number of carbonyl (C=O) groups excluding carboxylic acids is 1. The lowest BCUT2D eigenvalue weighted by Crippen LogP contribution is -2.50. The molecule has 2 heterocycles. The van der Waals surface area contributed by atoms with Gasteiger partial charge in [0.2, 0.25) is 5.91 Å². The Balaban J connectivity index is 1.42. The molecule has 2 fully saturated rings. The summed E-state index contributed by atoms with van der Waals surface area (Å²) in [6, 6.07) is 14.6. The summed E-state index contributed by atoms with van der Waals surface area (Å²) in [5, 5.41) is 6.58. The van der Waals surface area contributed by atoms with Crippen molar-refractivity contribution in [2.45, 2.75) is 58.5 Å². The van der Waals surface area contributed by atoms with Crippen LogP contribution in [-0.4, -0.2) is 59.1 Å². The Morgan fingerprint density at radius 3 is 2.46 bits per heavy atom. The van der Waals surface area contributed by atoms with E-state index in [0.717, 1.165) is 60.8 Å². The van der Waals surface area contributed by atoms with Crippen LogP contribution < -0.4 is 21.2 Å². The number of hydrogen-bond donors (Lipinski definition) is 3. The first-order valence-corrected chi connectivity index (χ1v) is 13.8. The van der Waals surface area contributed by atoms with E-state index in [-0.39, 0.29) is 17.6 Å². The van der Waals surface area contributed by atoms with Crippen LogP contribution >= 0.6 is 0 Å². The maximum absolute atomic E-state index is 13.0. The van der Waals surface area contributed by atoms with Crippen molar-refractivity contribution in [1.29, 1.82) is 0 Å². The van der Waals surface area contributed by atoms with E-state index in [1.807, 2.05) is 36.6 Å². The summed E-state index contributed by atoms with van der Waals surface area (Å²) >= 11 is 0. The Morgan fingerprint density at radius 1 is 1.03 bits per heavy atom. The number of amides is 1. The SMILES string of the molecule is CC(C)NC(=O)CN1CCN(c2cc3c(cc2Nc2ccccc2)[nH]c(=O)n3CC2CCCCC2)CC1. The molecule has 5 rings (SSSR count). The largest absolute Gasteiger partial charge is 0.367 e. The molecule has 0 bridgehead atoms. The number of piperazine rings is 1. The number of carbonyl (C=O) groups is 1. The first-order valence-electron chi connectivity index (χ1n) is 13.8. The molecule has 0 atom stereocenters. The molecule has 3 aromatic rings. The molecule has 1 saturated heterocycles. The molecular formula is C29H40N6O2. The highest BCUT2D eigenvalue weighted by Gasteiger charge is 2.24. The van der Waals surface area contributed by atoms with E-state index in [4.69, 9.17) is 0 Å². The lowest BCUT2D eigenvalue weighted by atomic mass is 9.89. The van der Waals surface area contributed by atoms with Crippen molar-refractivity contribution < 1.29 is 4.79 Å². The molecule has 1 aliphatic heterocycles. The van der Waals surface area contributed by atoms with Crippen LogP contribution in [0.4, 0.5) is 17.1 Å². The smallest absolute Gasteiger partial charge is 0.326 e. The van der Waals surface area contributed by atoms with Crippen LogP contribution in [0.15, 0.2) is 47.3 Å². The number of nitrogens with one attached hydrogen (secondary N) is 3. The van der Waals surface area contributed by atoms with Crippen LogP contribution in [0.25, 0.3) is 11.0 Å². The van der Waals surface area contributed by atoms with Crippen molar-refractivity contribution in [3.8, 4) is 0 Å². The minimum Gasteiger partial charge on any atom is -0.367 e. The number of aromatic nitrogens is 2. The molecule has 2 aromatic carbocycles. The van der Waals surface area contributed by atoms with E-state index in [9.17, 15) is 9.59 Å². The quantitative estimate of drug-likeness (QED) is 0.426. The summed E-state index contributed by atoms with van der Waals surface area (Å²) < 4.78 is 1.95. The predicted molar refractivity (Wildman–Crippen MR) is 151 cm³/mol. The first kappa shape index (κ1) is 25.4. The van der Waals surface area contributed by atoms with Crippen LogP contribution in [0.2, 0.25) is 0 Å². The van der Waals surface area contributed by atoms with Gasteiger partial charge in [0.25, 0.3) is 0 Å².